The highest BCUT2D eigenvalue weighted by Gasteiger charge is 2.15. The molecular formula is C13H26N2O3. The van der Waals surface area contributed by atoms with E-state index < -0.39 is 12.0 Å². The third-order valence-electron chi connectivity index (χ3n) is 3.11. The number of hydrogen-bond donors (Lipinski definition) is 3. The van der Waals surface area contributed by atoms with Gasteiger partial charge in [-0.25, -0.2) is 0 Å². The molecule has 0 heterocycles. The molecule has 106 valence electrons. The number of amides is 1. The zero-order valence-corrected chi connectivity index (χ0v) is 11.4. The number of carboxylic acid groups (broad SMARTS) is 1. The number of carbonyl (C=O) groups excluding carboxylic acids is 1. The Bertz CT molecular complexity index is 257. The van der Waals surface area contributed by atoms with Crippen molar-refractivity contribution < 1.29 is 14.7 Å². The van der Waals surface area contributed by atoms with E-state index in [1.54, 1.807) is 0 Å². The van der Waals surface area contributed by atoms with Crippen molar-refractivity contribution in [1.29, 1.82) is 0 Å². The first-order valence-electron chi connectivity index (χ1n) is 6.76. The molecule has 0 saturated heterocycles. The van der Waals surface area contributed by atoms with Gasteiger partial charge in [0.05, 0.1) is 6.04 Å². The fraction of sp³-hybridized carbons (Fsp3) is 0.846. The lowest BCUT2D eigenvalue weighted by Gasteiger charge is -2.17. The summed E-state index contributed by atoms with van der Waals surface area (Å²) in [4.78, 5) is 22.0. The maximum Gasteiger partial charge on any atom is 0.303 e. The maximum absolute atomic E-state index is 11.6. The van der Waals surface area contributed by atoms with Gasteiger partial charge in [-0.15, -0.1) is 0 Å². The predicted molar refractivity (Wildman–Crippen MR) is 71.2 cm³/mol. The number of rotatable bonds is 10. The molecule has 0 fully saturated rings. The van der Waals surface area contributed by atoms with Gasteiger partial charge in [0, 0.05) is 13.0 Å². The lowest BCUT2D eigenvalue weighted by Crippen LogP contribution is -2.42. The molecule has 1 amide bonds. The molecule has 5 heteroatoms. The number of unbranched alkanes of at least 4 members (excludes halogenated alkanes) is 1. The van der Waals surface area contributed by atoms with E-state index in [-0.39, 0.29) is 18.7 Å². The Morgan fingerprint density at radius 2 is 1.94 bits per heavy atom. The van der Waals surface area contributed by atoms with Crippen LogP contribution in [0.25, 0.3) is 0 Å². The summed E-state index contributed by atoms with van der Waals surface area (Å²) in [5, 5.41) is 11.3. The third-order valence-corrected chi connectivity index (χ3v) is 3.11. The minimum absolute atomic E-state index is 0.0678. The summed E-state index contributed by atoms with van der Waals surface area (Å²) in [5.74, 6) is -0.681. The Hall–Kier alpha value is -1.10. The summed E-state index contributed by atoms with van der Waals surface area (Å²) in [7, 11) is 0. The first-order chi connectivity index (χ1) is 8.51. The number of hydrogen-bond acceptors (Lipinski definition) is 3. The van der Waals surface area contributed by atoms with Crippen molar-refractivity contribution in [3.8, 4) is 0 Å². The summed E-state index contributed by atoms with van der Waals surface area (Å²) < 4.78 is 0. The molecule has 0 unspecified atom stereocenters. The Kier molecular flexibility index (Phi) is 9.28. The summed E-state index contributed by atoms with van der Waals surface area (Å²) in [6.07, 6.45) is 4.58. The highest BCUT2D eigenvalue weighted by atomic mass is 16.4. The van der Waals surface area contributed by atoms with Crippen molar-refractivity contribution in [2.75, 3.05) is 6.54 Å². The fourth-order valence-electron chi connectivity index (χ4n) is 1.73. The van der Waals surface area contributed by atoms with E-state index in [2.05, 4.69) is 19.2 Å². The van der Waals surface area contributed by atoms with Gasteiger partial charge < -0.3 is 16.2 Å². The molecule has 0 radical (unpaired) electrons. The zero-order valence-electron chi connectivity index (χ0n) is 11.4. The first kappa shape index (κ1) is 16.9. The lowest BCUT2D eigenvalue weighted by atomic mass is 9.99. The summed E-state index contributed by atoms with van der Waals surface area (Å²) in [6, 6.07) is -0.718. The standard InChI is InChI=1S/C13H26N2O3/c1-3-5-6-10(4-2)9-15-13(18)11(14)7-8-12(16)17/h10-11H,3-9,14H2,1-2H3,(H,15,18)(H,16,17)/t10-,11-/m0/s1. The smallest absolute Gasteiger partial charge is 0.303 e. The van der Waals surface area contributed by atoms with E-state index in [9.17, 15) is 9.59 Å². The molecule has 2 atom stereocenters. The highest BCUT2D eigenvalue weighted by Crippen LogP contribution is 2.11. The van der Waals surface area contributed by atoms with Crippen LogP contribution in [-0.4, -0.2) is 29.6 Å². The number of nitrogens with one attached hydrogen (secondary N) is 1. The SMILES string of the molecule is CCCC[C@H](CC)CNC(=O)[C@@H](N)CCC(=O)O. The van der Waals surface area contributed by atoms with E-state index in [4.69, 9.17) is 10.8 Å². The molecule has 18 heavy (non-hydrogen) atoms. The monoisotopic (exact) mass is 258 g/mol. The molecular weight excluding hydrogens is 232 g/mol. The van der Waals surface area contributed by atoms with Crippen LogP contribution in [0.2, 0.25) is 0 Å². The lowest BCUT2D eigenvalue weighted by molar-refractivity contribution is -0.137. The third kappa shape index (κ3) is 8.06. The van der Waals surface area contributed by atoms with Crippen LogP contribution in [0.3, 0.4) is 0 Å². The number of aliphatic carboxylic acids is 1. The number of nitrogens with two attached hydrogens (primary N) is 1. The predicted octanol–water partition coefficient (Wildman–Crippen LogP) is 1.51. The second kappa shape index (κ2) is 9.88. The number of carbonyl (C=O) groups is 2. The van der Waals surface area contributed by atoms with Crippen LogP contribution in [0, 0.1) is 5.92 Å². The van der Waals surface area contributed by atoms with Gasteiger partial charge in [0.1, 0.15) is 0 Å². The topological polar surface area (TPSA) is 92.4 Å². The zero-order chi connectivity index (χ0) is 14.0. The van der Waals surface area contributed by atoms with E-state index in [0.717, 1.165) is 19.3 Å². The van der Waals surface area contributed by atoms with Crippen molar-refractivity contribution >= 4 is 11.9 Å². The van der Waals surface area contributed by atoms with E-state index in [1.807, 2.05) is 0 Å². The molecule has 0 aromatic heterocycles. The minimum Gasteiger partial charge on any atom is -0.481 e. The van der Waals surface area contributed by atoms with Gasteiger partial charge in [0.2, 0.25) is 5.91 Å². The molecule has 0 aliphatic carbocycles. The number of carboxylic acids is 1. The van der Waals surface area contributed by atoms with Crippen molar-refractivity contribution in [3.05, 3.63) is 0 Å². The van der Waals surface area contributed by atoms with Gasteiger partial charge in [-0.2, -0.15) is 0 Å². The van der Waals surface area contributed by atoms with Gasteiger partial charge in [-0.3, -0.25) is 9.59 Å². The molecule has 0 aromatic rings. The van der Waals surface area contributed by atoms with Crippen LogP contribution in [0.1, 0.15) is 52.4 Å². The van der Waals surface area contributed by atoms with E-state index >= 15 is 0 Å². The molecule has 4 N–H and O–H groups in total. The van der Waals surface area contributed by atoms with Crippen LogP contribution >= 0.6 is 0 Å². The van der Waals surface area contributed by atoms with Crippen LogP contribution in [-0.2, 0) is 9.59 Å². The molecule has 0 aliphatic heterocycles. The first-order valence-corrected chi connectivity index (χ1v) is 6.76. The maximum atomic E-state index is 11.6. The van der Waals surface area contributed by atoms with Crippen LogP contribution in [0.15, 0.2) is 0 Å². The van der Waals surface area contributed by atoms with Crippen molar-refractivity contribution in [3.63, 3.8) is 0 Å². The van der Waals surface area contributed by atoms with Crippen molar-refractivity contribution in [1.82, 2.24) is 5.32 Å². The molecule has 0 saturated carbocycles. The summed E-state index contributed by atoms with van der Waals surface area (Å²) >= 11 is 0. The molecule has 0 aromatic carbocycles. The average Bonchev–Trinajstić information content (AvgIpc) is 2.35. The highest BCUT2D eigenvalue weighted by molar-refractivity contribution is 5.82. The van der Waals surface area contributed by atoms with E-state index in [0.29, 0.717) is 12.5 Å². The van der Waals surface area contributed by atoms with Crippen LogP contribution in [0.4, 0.5) is 0 Å². The van der Waals surface area contributed by atoms with Gasteiger partial charge in [-0.1, -0.05) is 33.1 Å². The Morgan fingerprint density at radius 1 is 1.28 bits per heavy atom. The summed E-state index contributed by atoms with van der Waals surface area (Å²) in [6.45, 7) is 4.89. The second-order valence-corrected chi connectivity index (χ2v) is 4.70. The molecule has 0 spiro atoms. The van der Waals surface area contributed by atoms with Crippen LogP contribution < -0.4 is 11.1 Å². The normalized spacial score (nSPS) is 13.9. The molecule has 0 bridgehead atoms. The molecule has 5 nitrogen and oxygen atoms in total. The average molecular weight is 258 g/mol. The Balaban J connectivity index is 3.88. The van der Waals surface area contributed by atoms with Gasteiger partial charge in [-0.05, 0) is 18.8 Å². The quantitative estimate of drug-likeness (QED) is 0.554. The largest absolute Gasteiger partial charge is 0.481 e. The van der Waals surface area contributed by atoms with Crippen LogP contribution in [0.5, 0.6) is 0 Å². The van der Waals surface area contributed by atoms with Gasteiger partial charge in [0.25, 0.3) is 0 Å². The Morgan fingerprint density at radius 3 is 2.44 bits per heavy atom. The summed E-state index contributed by atoms with van der Waals surface area (Å²) in [5.41, 5.74) is 5.62. The fourth-order valence-corrected chi connectivity index (χ4v) is 1.73. The van der Waals surface area contributed by atoms with E-state index in [1.165, 1.54) is 6.42 Å². The Labute approximate surface area is 109 Å². The van der Waals surface area contributed by atoms with Gasteiger partial charge in [0.15, 0.2) is 0 Å². The van der Waals surface area contributed by atoms with Crippen molar-refractivity contribution in [2.45, 2.75) is 58.4 Å². The van der Waals surface area contributed by atoms with Crippen molar-refractivity contribution in [2.24, 2.45) is 11.7 Å². The minimum atomic E-state index is -0.923. The second-order valence-electron chi connectivity index (χ2n) is 4.70. The molecule has 0 aliphatic rings. The molecule has 0 rings (SSSR count). The van der Waals surface area contributed by atoms with Gasteiger partial charge >= 0.3 is 5.97 Å².